The Morgan fingerprint density at radius 3 is 2.37 bits per heavy atom. The Morgan fingerprint density at radius 2 is 1.74 bits per heavy atom. The number of nitrogens with zero attached hydrogens (tertiary/aromatic N) is 3. The second-order valence-electron chi connectivity index (χ2n) is 7.62. The molecule has 6 nitrogen and oxygen atoms in total. The number of halogens is 1. The van der Waals surface area contributed by atoms with Crippen LogP contribution in [0.2, 0.25) is 0 Å². The molecule has 3 aliphatic heterocycles. The minimum absolute atomic E-state index is 0.143. The van der Waals surface area contributed by atoms with E-state index in [0.717, 1.165) is 12.8 Å². The molecule has 7 heteroatoms. The summed E-state index contributed by atoms with van der Waals surface area (Å²) in [6.45, 7) is 3.84. The maximum atomic E-state index is 14.0. The molecule has 140 valence electrons. The molecule has 0 aliphatic carbocycles. The van der Waals surface area contributed by atoms with Crippen LogP contribution < -0.4 is 4.90 Å². The van der Waals surface area contributed by atoms with E-state index in [2.05, 4.69) is 5.10 Å². The van der Waals surface area contributed by atoms with Gasteiger partial charge in [0.1, 0.15) is 5.82 Å². The summed E-state index contributed by atoms with van der Waals surface area (Å²) >= 11 is 0. The lowest BCUT2D eigenvalue weighted by molar-refractivity contribution is -0.124. The number of ether oxygens (including phenoxy) is 1. The Labute approximate surface area is 155 Å². The predicted molar refractivity (Wildman–Crippen MR) is 94.6 cm³/mol. The molecule has 3 aliphatic rings. The Hall–Kier alpha value is -2.54. The molecule has 0 spiro atoms. The first-order valence-corrected chi connectivity index (χ1v) is 9.28. The molecule has 2 amide bonds. The summed E-state index contributed by atoms with van der Waals surface area (Å²) in [6.07, 6.45) is 1.39. The lowest BCUT2D eigenvalue weighted by Gasteiger charge is -2.18. The molecular formula is C20H20FN3O3. The summed E-state index contributed by atoms with van der Waals surface area (Å²) in [5, 5.41) is 4.48. The van der Waals surface area contributed by atoms with E-state index >= 15 is 0 Å². The average Bonchev–Trinajstić information content (AvgIpc) is 3.37. The fourth-order valence-electron chi connectivity index (χ4n) is 4.89. The van der Waals surface area contributed by atoms with E-state index in [-0.39, 0.29) is 48.2 Å². The van der Waals surface area contributed by atoms with Crippen molar-refractivity contribution in [3.63, 3.8) is 0 Å². The van der Waals surface area contributed by atoms with Crippen molar-refractivity contribution in [2.24, 2.45) is 11.8 Å². The first-order valence-electron chi connectivity index (χ1n) is 9.28. The molecule has 0 N–H and O–H groups in total. The van der Waals surface area contributed by atoms with Gasteiger partial charge in [-0.2, -0.15) is 5.10 Å². The van der Waals surface area contributed by atoms with Crippen LogP contribution in [0.1, 0.15) is 29.8 Å². The molecule has 3 fully saturated rings. The maximum absolute atomic E-state index is 14.0. The number of imide groups is 1. The summed E-state index contributed by atoms with van der Waals surface area (Å²) in [5.74, 6) is -1.42. The van der Waals surface area contributed by atoms with Crippen molar-refractivity contribution in [2.75, 3.05) is 4.90 Å². The minimum Gasteiger partial charge on any atom is -0.373 e. The highest BCUT2D eigenvalue weighted by molar-refractivity contribution is 6.23. The van der Waals surface area contributed by atoms with Crippen LogP contribution >= 0.6 is 0 Å². The zero-order valence-electron chi connectivity index (χ0n) is 15.2. The smallest absolute Gasteiger partial charge is 0.240 e. The Morgan fingerprint density at radius 1 is 1.11 bits per heavy atom. The quantitative estimate of drug-likeness (QED) is 0.779. The number of hydrogen-bond donors (Lipinski definition) is 0. The van der Waals surface area contributed by atoms with Crippen LogP contribution in [0.15, 0.2) is 24.3 Å². The number of amides is 2. The van der Waals surface area contributed by atoms with Crippen molar-refractivity contribution in [3.8, 4) is 0 Å². The molecule has 3 saturated heterocycles. The molecule has 5 rings (SSSR count). The summed E-state index contributed by atoms with van der Waals surface area (Å²) in [5.41, 5.74) is 2.33. The van der Waals surface area contributed by atoms with E-state index in [4.69, 9.17) is 4.74 Å². The van der Waals surface area contributed by atoms with Gasteiger partial charge in [0.25, 0.3) is 0 Å². The number of carbonyl (C=O) groups is 2. The highest BCUT2D eigenvalue weighted by Gasteiger charge is 2.63. The summed E-state index contributed by atoms with van der Waals surface area (Å²) < 4.78 is 21.5. The number of benzene rings is 1. The second kappa shape index (κ2) is 5.73. The van der Waals surface area contributed by atoms with E-state index in [9.17, 15) is 14.0 Å². The third-order valence-corrected chi connectivity index (χ3v) is 6.13. The number of anilines is 1. The highest BCUT2D eigenvalue weighted by atomic mass is 19.1. The van der Waals surface area contributed by atoms with Crippen molar-refractivity contribution >= 4 is 17.5 Å². The van der Waals surface area contributed by atoms with Gasteiger partial charge in [0.05, 0.1) is 47.7 Å². The van der Waals surface area contributed by atoms with Crippen molar-refractivity contribution in [3.05, 3.63) is 47.0 Å². The van der Waals surface area contributed by atoms with Gasteiger partial charge in [0.2, 0.25) is 11.8 Å². The van der Waals surface area contributed by atoms with Crippen molar-refractivity contribution in [2.45, 2.75) is 45.4 Å². The van der Waals surface area contributed by atoms with Gasteiger partial charge in [-0.05, 0) is 32.8 Å². The van der Waals surface area contributed by atoms with Crippen molar-refractivity contribution in [1.29, 1.82) is 0 Å². The van der Waals surface area contributed by atoms with Crippen LogP contribution in [-0.4, -0.2) is 33.8 Å². The normalized spacial score (nSPS) is 29.1. The molecule has 27 heavy (non-hydrogen) atoms. The van der Waals surface area contributed by atoms with Crippen LogP contribution in [0.3, 0.4) is 0 Å². The van der Waals surface area contributed by atoms with E-state index in [1.165, 1.54) is 11.0 Å². The van der Waals surface area contributed by atoms with Crippen LogP contribution in [0.25, 0.3) is 0 Å². The van der Waals surface area contributed by atoms with Crippen LogP contribution in [0.4, 0.5) is 10.1 Å². The SMILES string of the molecule is Cc1nn(Cc2ccccc2F)c(C)c1N1C(=O)[C@@H]2[C@H](C1=O)[C@@H]1CC[C@@H]2O1. The number of aryl methyl sites for hydroxylation is 1. The number of carbonyl (C=O) groups excluding carboxylic acids is 2. The number of aromatic nitrogens is 2. The van der Waals surface area contributed by atoms with Gasteiger partial charge in [-0.1, -0.05) is 18.2 Å². The lowest BCUT2D eigenvalue weighted by Crippen LogP contribution is -2.35. The van der Waals surface area contributed by atoms with Crippen molar-refractivity contribution in [1.82, 2.24) is 9.78 Å². The lowest BCUT2D eigenvalue weighted by atomic mass is 9.81. The Balaban J connectivity index is 1.51. The first kappa shape index (κ1) is 16.6. The van der Waals surface area contributed by atoms with E-state index < -0.39 is 0 Å². The van der Waals surface area contributed by atoms with Gasteiger partial charge in [-0.3, -0.25) is 14.3 Å². The van der Waals surface area contributed by atoms with Gasteiger partial charge in [-0.15, -0.1) is 0 Å². The van der Waals surface area contributed by atoms with Gasteiger partial charge >= 0.3 is 0 Å². The predicted octanol–water partition coefficient (Wildman–Crippen LogP) is 2.35. The minimum atomic E-state index is -0.370. The molecule has 4 heterocycles. The fourth-order valence-corrected chi connectivity index (χ4v) is 4.89. The topological polar surface area (TPSA) is 64.4 Å². The molecule has 1 aromatic heterocycles. The van der Waals surface area contributed by atoms with Gasteiger partial charge in [-0.25, -0.2) is 9.29 Å². The molecule has 2 bridgehead atoms. The molecule has 0 unspecified atom stereocenters. The third-order valence-electron chi connectivity index (χ3n) is 6.13. The Bertz CT molecular complexity index is 941. The van der Waals surface area contributed by atoms with Gasteiger partial charge in [0.15, 0.2) is 0 Å². The Kier molecular flexibility index (Phi) is 3.53. The van der Waals surface area contributed by atoms with Crippen LogP contribution in [-0.2, 0) is 20.9 Å². The third kappa shape index (κ3) is 2.24. The molecule has 4 atom stereocenters. The zero-order valence-corrected chi connectivity index (χ0v) is 15.2. The largest absolute Gasteiger partial charge is 0.373 e. The zero-order chi connectivity index (χ0) is 18.9. The summed E-state index contributed by atoms with van der Waals surface area (Å²) in [6, 6.07) is 6.53. The first-order chi connectivity index (χ1) is 13.0. The molecule has 2 aromatic rings. The highest BCUT2D eigenvalue weighted by Crippen LogP contribution is 2.50. The fraction of sp³-hybridized carbons (Fsp3) is 0.450. The summed E-state index contributed by atoms with van der Waals surface area (Å²) in [4.78, 5) is 27.4. The number of hydrogen-bond acceptors (Lipinski definition) is 4. The van der Waals surface area contributed by atoms with Crippen LogP contribution in [0.5, 0.6) is 0 Å². The molecule has 0 radical (unpaired) electrons. The van der Waals surface area contributed by atoms with Gasteiger partial charge < -0.3 is 4.74 Å². The average molecular weight is 369 g/mol. The monoisotopic (exact) mass is 369 g/mol. The second-order valence-corrected chi connectivity index (χ2v) is 7.62. The van der Waals surface area contributed by atoms with Crippen LogP contribution in [0, 0.1) is 31.5 Å². The summed E-state index contributed by atoms with van der Waals surface area (Å²) in [7, 11) is 0. The maximum Gasteiger partial charge on any atom is 0.240 e. The molecule has 1 aromatic carbocycles. The molecule has 0 saturated carbocycles. The standard InChI is InChI=1S/C20H20FN3O3/c1-10-18(11(2)23(22-10)9-12-5-3-4-6-13(12)21)24-19(25)16-14-7-8-15(27-14)17(16)20(24)26/h3-6,14-17H,7-9H2,1-2H3/t14-,15-,16-,17+/m0/s1. The van der Waals surface area contributed by atoms with E-state index in [1.54, 1.807) is 29.8 Å². The van der Waals surface area contributed by atoms with E-state index in [1.807, 2.05) is 6.92 Å². The van der Waals surface area contributed by atoms with E-state index in [0.29, 0.717) is 22.6 Å². The molecular weight excluding hydrogens is 349 g/mol. The number of fused-ring (bicyclic) bond motifs is 5. The van der Waals surface area contributed by atoms with Gasteiger partial charge in [0, 0.05) is 5.56 Å². The van der Waals surface area contributed by atoms with Crippen molar-refractivity contribution < 1.29 is 18.7 Å². The number of rotatable bonds is 3.